The number of rotatable bonds is 2. The van der Waals surface area contributed by atoms with Gasteiger partial charge in [-0.1, -0.05) is 11.2 Å². The first-order chi connectivity index (χ1) is 8.00. The molecule has 0 fully saturated rings. The lowest BCUT2D eigenvalue weighted by atomic mass is 9.99. The first-order valence-electron chi connectivity index (χ1n) is 5.39. The molecule has 0 saturated carbocycles. The van der Waals surface area contributed by atoms with Crippen LogP contribution in [0.15, 0.2) is 22.7 Å². The number of nitrogens with zero attached hydrogens (tertiary/aromatic N) is 1. The molecular formula is C13H15N3O. The Labute approximate surface area is 99.9 Å². The van der Waals surface area contributed by atoms with Crippen molar-refractivity contribution < 1.29 is 4.52 Å². The van der Waals surface area contributed by atoms with E-state index in [1.807, 2.05) is 32.0 Å². The number of aromatic nitrogens is 1. The van der Waals surface area contributed by atoms with Crippen molar-refractivity contribution in [3.8, 4) is 11.1 Å². The van der Waals surface area contributed by atoms with Gasteiger partial charge in [0.1, 0.15) is 5.76 Å². The second kappa shape index (κ2) is 4.05. The number of nitrogens with one attached hydrogen (secondary N) is 1. The van der Waals surface area contributed by atoms with E-state index in [0.29, 0.717) is 11.4 Å². The highest BCUT2D eigenvalue weighted by atomic mass is 16.5. The molecule has 0 saturated heterocycles. The molecule has 0 aliphatic rings. The van der Waals surface area contributed by atoms with Crippen LogP contribution in [0.2, 0.25) is 0 Å². The van der Waals surface area contributed by atoms with Gasteiger partial charge in [-0.15, -0.1) is 0 Å². The Kier molecular flexibility index (Phi) is 2.71. The second-order valence-electron chi connectivity index (χ2n) is 4.13. The first kappa shape index (κ1) is 11.4. The Balaban J connectivity index is 2.62. The quantitative estimate of drug-likeness (QED) is 0.614. The summed E-state index contributed by atoms with van der Waals surface area (Å²) in [7, 11) is 0. The van der Waals surface area contributed by atoms with Crippen molar-refractivity contribution in [2.75, 3.05) is 5.73 Å². The summed E-state index contributed by atoms with van der Waals surface area (Å²) in [6.45, 7) is 5.50. The molecule has 2 rings (SSSR count). The fraction of sp³-hybridized carbons (Fsp3) is 0.231. The third kappa shape index (κ3) is 1.93. The second-order valence-corrected chi connectivity index (χ2v) is 4.13. The van der Waals surface area contributed by atoms with Gasteiger partial charge in [-0.05, 0) is 38.5 Å². The van der Waals surface area contributed by atoms with Crippen LogP contribution in [-0.4, -0.2) is 10.9 Å². The predicted molar refractivity (Wildman–Crippen MR) is 68.3 cm³/mol. The summed E-state index contributed by atoms with van der Waals surface area (Å²) in [4.78, 5) is 0. The third-order valence-electron chi connectivity index (χ3n) is 2.78. The molecule has 4 heteroatoms. The molecule has 0 aliphatic carbocycles. The van der Waals surface area contributed by atoms with E-state index in [1.165, 1.54) is 0 Å². The fourth-order valence-corrected chi connectivity index (χ4v) is 1.93. The van der Waals surface area contributed by atoms with Crippen LogP contribution in [0.5, 0.6) is 0 Å². The van der Waals surface area contributed by atoms with E-state index in [4.69, 9.17) is 15.7 Å². The van der Waals surface area contributed by atoms with Crippen molar-refractivity contribution in [2.45, 2.75) is 20.8 Å². The Hall–Kier alpha value is -2.10. The molecule has 0 atom stereocenters. The van der Waals surface area contributed by atoms with Crippen molar-refractivity contribution in [3.63, 3.8) is 0 Å². The van der Waals surface area contributed by atoms with Crippen LogP contribution in [0, 0.1) is 19.3 Å². The number of nitrogen functional groups attached to an aromatic ring is 1. The summed E-state index contributed by atoms with van der Waals surface area (Å²) in [5, 5.41) is 11.6. The van der Waals surface area contributed by atoms with Gasteiger partial charge < -0.3 is 15.7 Å². The van der Waals surface area contributed by atoms with E-state index >= 15 is 0 Å². The fourth-order valence-electron chi connectivity index (χ4n) is 1.93. The van der Waals surface area contributed by atoms with Crippen molar-refractivity contribution in [1.82, 2.24) is 5.16 Å². The van der Waals surface area contributed by atoms with E-state index < -0.39 is 0 Å². The van der Waals surface area contributed by atoms with Crippen LogP contribution < -0.4 is 5.73 Å². The van der Waals surface area contributed by atoms with Crippen LogP contribution in [-0.2, 0) is 0 Å². The maximum absolute atomic E-state index is 7.69. The van der Waals surface area contributed by atoms with Crippen molar-refractivity contribution >= 4 is 11.4 Å². The van der Waals surface area contributed by atoms with E-state index in [-0.39, 0.29) is 0 Å². The topological polar surface area (TPSA) is 75.9 Å². The van der Waals surface area contributed by atoms with Gasteiger partial charge in [0.25, 0.3) is 0 Å². The highest BCUT2D eigenvalue weighted by Gasteiger charge is 2.13. The number of aryl methyl sites for hydroxylation is 2. The van der Waals surface area contributed by atoms with Crippen LogP contribution in [0.3, 0.4) is 0 Å². The molecule has 88 valence electrons. The molecule has 0 amide bonds. The Bertz CT molecular complexity index is 565. The van der Waals surface area contributed by atoms with Crippen LogP contribution in [0.25, 0.3) is 11.1 Å². The van der Waals surface area contributed by atoms with Gasteiger partial charge in [-0.3, -0.25) is 0 Å². The molecular weight excluding hydrogens is 214 g/mol. The maximum Gasteiger partial charge on any atom is 0.141 e. The molecule has 1 aromatic carbocycles. The molecule has 17 heavy (non-hydrogen) atoms. The van der Waals surface area contributed by atoms with Gasteiger partial charge in [0.15, 0.2) is 0 Å². The average molecular weight is 229 g/mol. The Morgan fingerprint density at radius 3 is 2.59 bits per heavy atom. The lowest BCUT2D eigenvalue weighted by molar-refractivity contribution is 0.393. The molecule has 0 spiro atoms. The predicted octanol–water partition coefficient (Wildman–Crippen LogP) is 2.93. The molecule has 0 unspecified atom stereocenters. The van der Waals surface area contributed by atoms with Crippen LogP contribution in [0.1, 0.15) is 23.9 Å². The van der Waals surface area contributed by atoms with Gasteiger partial charge in [0.05, 0.1) is 5.69 Å². The molecule has 1 aromatic heterocycles. The Morgan fingerprint density at radius 2 is 2.06 bits per heavy atom. The summed E-state index contributed by atoms with van der Waals surface area (Å²) < 4.78 is 5.15. The minimum absolute atomic E-state index is 0.455. The summed E-state index contributed by atoms with van der Waals surface area (Å²) in [6.07, 6.45) is 0. The number of hydrogen-bond acceptors (Lipinski definition) is 4. The zero-order valence-electron chi connectivity index (χ0n) is 10.2. The maximum atomic E-state index is 7.69. The van der Waals surface area contributed by atoms with E-state index in [0.717, 1.165) is 28.1 Å². The third-order valence-corrected chi connectivity index (χ3v) is 2.78. The molecule has 1 heterocycles. The average Bonchev–Trinajstić information content (AvgIpc) is 2.59. The lowest BCUT2D eigenvalue weighted by Crippen LogP contribution is -2.00. The Morgan fingerprint density at radius 1 is 1.35 bits per heavy atom. The smallest absolute Gasteiger partial charge is 0.141 e. The summed E-state index contributed by atoms with van der Waals surface area (Å²) in [5.74, 6) is 0.779. The lowest BCUT2D eigenvalue weighted by Gasteiger charge is -2.07. The van der Waals surface area contributed by atoms with Crippen LogP contribution in [0.4, 0.5) is 5.69 Å². The zero-order valence-corrected chi connectivity index (χ0v) is 10.2. The van der Waals surface area contributed by atoms with Gasteiger partial charge in [-0.25, -0.2) is 0 Å². The van der Waals surface area contributed by atoms with E-state index in [9.17, 15) is 0 Å². The number of nitrogens with two attached hydrogens (primary N) is 1. The normalized spacial score (nSPS) is 10.5. The van der Waals surface area contributed by atoms with Crippen molar-refractivity contribution in [3.05, 3.63) is 35.2 Å². The van der Waals surface area contributed by atoms with Crippen molar-refractivity contribution in [1.29, 1.82) is 5.41 Å². The van der Waals surface area contributed by atoms with Gasteiger partial charge in [-0.2, -0.15) is 0 Å². The monoisotopic (exact) mass is 229 g/mol. The highest BCUT2D eigenvalue weighted by Crippen LogP contribution is 2.29. The molecule has 0 bridgehead atoms. The summed E-state index contributed by atoms with van der Waals surface area (Å²) in [5.41, 5.74) is 10.5. The van der Waals surface area contributed by atoms with E-state index in [1.54, 1.807) is 6.92 Å². The molecule has 3 N–H and O–H groups in total. The number of hydrogen-bond donors (Lipinski definition) is 2. The molecule has 4 nitrogen and oxygen atoms in total. The van der Waals surface area contributed by atoms with Gasteiger partial charge in [0.2, 0.25) is 0 Å². The number of benzene rings is 1. The summed E-state index contributed by atoms with van der Waals surface area (Å²) >= 11 is 0. The van der Waals surface area contributed by atoms with Crippen molar-refractivity contribution in [2.24, 2.45) is 0 Å². The SMILES string of the molecule is CC(=N)c1cc(-c2c(C)noc2C)ccc1N. The largest absolute Gasteiger partial charge is 0.398 e. The van der Waals surface area contributed by atoms with E-state index in [2.05, 4.69) is 5.16 Å². The molecule has 2 aromatic rings. The van der Waals surface area contributed by atoms with Crippen LogP contribution >= 0.6 is 0 Å². The summed E-state index contributed by atoms with van der Waals surface area (Å²) in [6, 6.07) is 5.65. The molecule has 0 radical (unpaired) electrons. The number of anilines is 1. The minimum Gasteiger partial charge on any atom is -0.398 e. The standard InChI is InChI=1S/C13H15N3O/c1-7(14)11-6-10(4-5-12(11)15)13-8(2)16-17-9(13)3/h4-6,14H,15H2,1-3H3. The van der Waals surface area contributed by atoms with Gasteiger partial charge in [0, 0.05) is 22.5 Å². The molecule has 0 aliphatic heterocycles. The zero-order chi connectivity index (χ0) is 12.6. The van der Waals surface area contributed by atoms with Gasteiger partial charge >= 0.3 is 0 Å². The minimum atomic E-state index is 0.455. The first-order valence-corrected chi connectivity index (χ1v) is 5.39. The highest BCUT2D eigenvalue weighted by molar-refractivity contribution is 6.02.